The highest BCUT2D eigenvalue weighted by atomic mass is 19.1. The van der Waals surface area contributed by atoms with Crippen LogP contribution in [0.1, 0.15) is 0 Å². The topological polar surface area (TPSA) is 102 Å². The molecule has 0 bridgehead atoms. The van der Waals surface area contributed by atoms with Gasteiger partial charge >= 0.3 is 21.4 Å². The summed E-state index contributed by atoms with van der Waals surface area (Å²) in [5, 5.41) is 31.5. The molecule has 0 heterocycles. The minimum absolute atomic E-state index is 0.171. The van der Waals surface area contributed by atoms with Crippen LogP contribution in [0.15, 0.2) is 72.8 Å². The molecule has 0 saturated carbocycles. The summed E-state index contributed by atoms with van der Waals surface area (Å²) < 4.78 is 37.2. The number of rotatable bonds is 8. The Labute approximate surface area is 171 Å². The van der Waals surface area contributed by atoms with Crippen LogP contribution in [0.3, 0.4) is 0 Å². The van der Waals surface area contributed by atoms with Crippen LogP contribution in [-0.2, 0) is 9.14 Å². The maximum Gasteiger partial charge on any atom is 0.477 e. The van der Waals surface area contributed by atoms with Gasteiger partial charge in [0.15, 0.2) is 0 Å². The van der Waals surface area contributed by atoms with Gasteiger partial charge in [0.25, 0.3) is 5.69 Å². The van der Waals surface area contributed by atoms with Crippen LogP contribution >= 0.6 is 0 Å². The quantitative estimate of drug-likeness (QED) is 0.316. The van der Waals surface area contributed by atoms with E-state index in [1.54, 1.807) is 0 Å². The summed E-state index contributed by atoms with van der Waals surface area (Å²) in [4.78, 5) is 10.3. The molecule has 3 aromatic rings. The molecule has 7 nitrogen and oxygen atoms in total. The van der Waals surface area contributed by atoms with E-state index in [1.165, 1.54) is 48.5 Å². The first-order chi connectivity index (χ1) is 14.3. The van der Waals surface area contributed by atoms with E-state index < -0.39 is 37.9 Å². The predicted molar refractivity (Wildman–Crippen MR) is 109 cm³/mol. The molecule has 12 heteroatoms. The van der Waals surface area contributed by atoms with Crippen LogP contribution in [0.2, 0.25) is 0 Å². The highest BCUT2D eigenvalue weighted by molar-refractivity contribution is 6.79. The molecule has 30 heavy (non-hydrogen) atoms. The van der Waals surface area contributed by atoms with Crippen molar-refractivity contribution in [3.63, 3.8) is 0 Å². The number of hydrogen-bond acceptors (Lipinski definition) is 6. The lowest BCUT2D eigenvalue weighted by Crippen LogP contribution is -2.51. The van der Waals surface area contributed by atoms with Gasteiger partial charge in [-0.15, -0.1) is 0 Å². The molecular formula is C18H14B3F2NO6. The normalized spacial score (nSPS) is 10.5. The van der Waals surface area contributed by atoms with Gasteiger partial charge in [-0.2, -0.15) is 0 Å². The molecule has 0 radical (unpaired) electrons. The summed E-state index contributed by atoms with van der Waals surface area (Å²) in [6, 6.07) is 14.9. The molecule has 0 saturated heterocycles. The lowest BCUT2D eigenvalue weighted by Gasteiger charge is -2.19. The summed E-state index contributed by atoms with van der Waals surface area (Å²) in [5.41, 5.74) is 0.546. The van der Waals surface area contributed by atoms with E-state index in [9.17, 15) is 28.9 Å². The molecule has 3 rings (SSSR count). The molecule has 3 aromatic carbocycles. The minimum atomic E-state index is -1.55. The van der Waals surface area contributed by atoms with Gasteiger partial charge in [-0.05, 0) is 40.7 Å². The molecule has 0 aliphatic heterocycles. The van der Waals surface area contributed by atoms with Gasteiger partial charge in [-0.3, -0.25) is 10.1 Å². The summed E-state index contributed by atoms with van der Waals surface area (Å²) in [5.74, 6) is -0.998. The Balaban J connectivity index is 1.84. The fourth-order valence-electron chi connectivity index (χ4n) is 2.59. The van der Waals surface area contributed by atoms with Crippen molar-refractivity contribution in [2.75, 3.05) is 0 Å². The van der Waals surface area contributed by atoms with E-state index in [0.717, 1.165) is 24.3 Å². The van der Waals surface area contributed by atoms with Gasteiger partial charge in [0, 0.05) is 12.1 Å². The van der Waals surface area contributed by atoms with Crippen LogP contribution < -0.4 is 16.4 Å². The summed E-state index contributed by atoms with van der Waals surface area (Å²) in [6.07, 6.45) is 0. The third-order valence-electron chi connectivity index (χ3n) is 4.19. The van der Waals surface area contributed by atoms with Crippen molar-refractivity contribution in [1.82, 2.24) is 0 Å². The smallest absolute Gasteiger partial charge is 0.444 e. The van der Waals surface area contributed by atoms with E-state index in [2.05, 4.69) is 0 Å². The number of nitro groups is 1. The van der Waals surface area contributed by atoms with Crippen LogP contribution in [0.25, 0.3) is 0 Å². The van der Waals surface area contributed by atoms with Crippen LogP contribution in [-0.4, -0.2) is 36.3 Å². The van der Waals surface area contributed by atoms with Crippen molar-refractivity contribution in [2.24, 2.45) is 0 Å². The molecule has 0 aliphatic rings. The van der Waals surface area contributed by atoms with Crippen molar-refractivity contribution >= 4 is 43.4 Å². The SMILES string of the molecule is O=[N+]([O-])c1ccc(B(OB(O)c2ccc(F)cc2)OB(O)c2ccc(F)cc2)cc1. The molecule has 0 unspecified atom stereocenters. The molecule has 0 spiro atoms. The van der Waals surface area contributed by atoms with Gasteiger partial charge in [0.2, 0.25) is 0 Å². The molecule has 2 N–H and O–H groups in total. The van der Waals surface area contributed by atoms with Crippen molar-refractivity contribution in [3.05, 3.63) is 94.5 Å². The molecular weight excluding hydrogens is 397 g/mol. The number of hydrogen-bond donors (Lipinski definition) is 2. The van der Waals surface area contributed by atoms with E-state index in [1.807, 2.05) is 0 Å². The monoisotopic (exact) mass is 411 g/mol. The van der Waals surface area contributed by atoms with E-state index in [4.69, 9.17) is 9.14 Å². The van der Waals surface area contributed by atoms with Gasteiger partial charge < -0.3 is 19.2 Å². The zero-order chi connectivity index (χ0) is 21.7. The van der Waals surface area contributed by atoms with Crippen LogP contribution in [0.4, 0.5) is 14.5 Å². The summed E-state index contributed by atoms with van der Waals surface area (Å²) >= 11 is 0. The van der Waals surface area contributed by atoms with Gasteiger partial charge in [0.05, 0.1) is 4.92 Å². The third kappa shape index (κ3) is 5.52. The molecule has 0 fully saturated rings. The number of benzene rings is 3. The maximum absolute atomic E-state index is 13.1. The number of nitro benzene ring substituents is 1. The zero-order valence-corrected chi connectivity index (χ0v) is 15.4. The first-order valence-corrected chi connectivity index (χ1v) is 8.76. The first-order valence-electron chi connectivity index (χ1n) is 8.76. The van der Waals surface area contributed by atoms with Gasteiger partial charge in [0.1, 0.15) is 11.6 Å². The fourth-order valence-corrected chi connectivity index (χ4v) is 2.59. The number of halogens is 2. The Kier molecular flexibility index (Phi) is 6.96. The van der Waals surface area contributed by atoms with E-state index in [-0.39, 0.29) is 22.1 Å². The first kappa shape index (κ1) is 21.7. The Morgan fingerprint density at radius 1 is 0.700 bits per heavy atom. The van der Waals surface area contributed by atoms with Gasteiger partial charge in [-0.25, -0.2) is 8.78 Å². The Hall–Kier alpha value is -3.05. The number of non-ortho nitro benzene ring substituents is 1. The number of nitrogens with zero attached hydrogens (tertiary/aromatic N) is 1. The van der Waals surface area contributed by atoms with Crippen molar-refractivity contribution in [1.29, 1.82) is 0 Å². The Morgan fingerprint density at radius 3 is 1.43 bits per heavy atom. The molecule has 0 amide bonds. The van der Waals surface area contributed by atoms with Crippen molar-refractivity contribution < 1.29 is 32.9 Å². The highest BCUT2D eigenvalue weighted by Gasteiger charge is 2.33. The van der Waals surface area contributed by atoms with Crippen LogP contribution in [0.5, 0.6) is 0 Å². The average molecular weight is 411 g/mol. The Morgan fingerprint density at radius 2 is 1.07 bits per heavy atom. The molecule has 0 atom stereocenters. The Bertz CT molecular complexity index is 939. The largest absolute Gasteiger partial charge is 0.477 e. The fraction of sp³-hybridized carbons (Fsp3) is 0. The molecule has 0 aliphatic carbocycles. The minimum Gasteiger partial charge on any atom is -0.444 e. The third-order valence-corrected chi connectivity index (χ3v) is 4.19. The standard InChI is InChI=1S/C18H14B3F2NO6/c22-16-7-1-13(2-8-16)19(25)29-21(15-5-11-18(12-6-15)24(27)28)30-20(26)14-3-9-17(23)10-4-14/h1-12,25-26H. The maximum atomic E-state index is 13.1. The van der Waals surface area contributed by atoms with E-state index in [0.29, 0.717) is 0 Å². The molecule has 0 aromatic heterocycles. The lowest BCUT2D eigenvalue weighted by molar-refractivity contribution is -0.384. The summed E-state index contributed by atoms with van der Waals surface area (Å²) in [7, 11) is -4.46. The highest BCUT2D eigenvalue weighted by Crippen LogP contribution is 2.09. The second-order valence-corrected chi connectivity index (χ2v) is 6.26. The predicted octanol–water partition coefficient (Wildman–Crippen LogP) is 0.377. The van der Waals surface area contributed by atoms with Gasteiger partial charge in [-0.1, -0.05) is 36.4 Å². The van der Waals surface area contributed by atoms with Crippen molar-refractivity contribution in [3.8, 4) is 0 Å². The van der Waals surface area contributed by atoms with Crippen molar-refractivity contribution in [2.45, 2.75) is 0 Å². The zero-order valence-electron chi connectivity index (χ0n) is 15.4. The molecule has 150 valence electrons. The van der Waals surface area contributed by atoms with E-state index >= 15 is 0 Å². The average Bonchev–Trinajstić information content (AvgIpc) is 2.74. The summed E-state index contributed by atoms with van der Waals surface area (Å²) in [6.45, 7) is 0. The lowest BCUT2D eigenvalue weighted by atomic mass is 9.67. The van der Waals surface area contributed by atoms with Crippen LogP contribution in [0, 0.1) is 21.7 Å². The second kappa shape index (κ2) is 9.64. The second-order valence-electron chi connectivity index (χ2n) is 6.26.